The number of hydrogen-bond acceptors (Lipinski definition) is 2. The van der Waals surface area contributed by atoms with Crippen LogP contribution in [0.25, 0.3) is 0 Å². The minimum atomic E-state index is 0.368. The molecule has 0 aliphatic heterocycles. The summed E-state index contributed by atoms with van der Waals surface area (Å²) in [5, 5.41) is 0. The molecule has 0 amide bonds. The lowest BCUT2D eigenvalue weighted by Gasteiger charge is -2.10. The van der Waals surface area contributed by atoms with Crippen molar-refractivity contribution in [3.05, 3.63) is 29.1 Å². The molecule has 0 spiro atoms. The fraction of sp³-hybridized carbons (Fsp3) is 0.500. The van der Waals surface area contributed by atoms with Crippen LogP contribution >= 0.6 is 0 Å². The number of hydrogen-bond donors (Lipinski definition) is 0. The van der Waals surface area contributed by atoms with Gasteiger partial charge in [-0.3, -0.25) is 9.78 Å². The van der Waals surface area contributed by atoms with Crippen molar-refractivity contribution in [2.45, 2.75) is 39.5 Å². The van der Waals surface area contributed by atoms with Crippen LogP contribution in [0.1, 0.15) is 61.3 Å². The number of aromatic nitrogens is 1. The van der Waals surface area contributed by atoms with E-state index < -0.39 is 0 Å². The lowest BCUT2D eigenvalue weighted by molar-refractivity contribution is 0.112. The van der Waals surface area contributed by atoms with Gasteiger partial charge in [0, 0.05) is 17.0 Å². The quantitative estimate of drug-likeness (QED) is 0.687. The SMILES string of the molecule is CC(C)c1cc(C=O)cc(C(C)C)n1. The number of carbonyl (C=O) groups is 1. The molecule has 0 fully saturated rings. The molecule has 0 atom stereocenters. The van der Waals surface area contributed by atoms with Crippen molar-refractivity contribution in [1.82, 2.24) is 4.98 Å². The predicted molar refractivity (Wildman–Crippen MR) is 57.8 cm³/mol. The highest BCUT2D eigenvalue weighted by Crippen LogP contribution is 2.18. The van der Waals surface area contributed by atoms with E-state index in [0.29, 0.717) is 11.8 Å². The molecule has 1 aromatic heterocycles. The molecular weight excluding hydrogens is 174 g/mol. The van der Waals surface area contributed by atoms with Crippen molar-refractivity contribution < 1.29 is 4.79 Å². The van der Waals surface area contributed by atoms with Gasteiger partial charge in [-0.1, -0.05) is 27.7 Å². The lowest BCUT2D eigenvalue weighted by atomic mass is 10.0. The second-order valence-corrected chi connectivity index (χ2v) is 4.18. The zero-order valence-electron chi connectivity index (χ0n) is 9.24. The molecule has 0 radical (unpaired) electrons. The van der Waals surface area contributed by atoms with Crippen LogP contribution in [0.4, 0.5) is 0 Å². The molecule has 0 saturated heterocycles. The Morgan fingerprint density at radius 2 is 1.50 bits per heavy atom. The summed E-state index contributed by atoms with van der Waals surface area (Å²) in [6.07, 6.45) is 0.888. The molecule has 1 rings (SSSR count). The van der Waals surface area contributed by atoms with Crippen molar-refractivity contribution in [2.24, 2.45) is 0 Å². The molecule has 0 aliphatic rings. The van der Waals surface area contributed by atoms with E-state index in [9.17, 15) is 4.79 Å². The Morgan fingerprint density at radius 3 is 1.79 bits per heavy atom. The maximum absolute atomic E-state index is 10.7. The fourth-order valence-corrected chi connectivity index (χ4v) is 1.26. The Balaban J connectivity index is 3.20. The monoisotopic (exact) mass is 191 g/mol. The largest absolute Gasteiger partial charge is 0.298 e. The molecule has 1 aromatic rings. The Morgan fingerprint density at radius 1 is 1.07 bits per heavy atom. The van der Waals surface area contributed by atoms with Gasteiger partial charge in [-0.05, 0) is 24.0 Å². The van der Waals surface area contributed by atoms with E-state index in [2.05, 4.69) is 32.7 Å². The van der Waals surface area contributed by atoms with Gasteiger partial charge in [0.05, 0.1) is 0 Å². The normalized spacial score (nSPS) is 11.0. The highest BCUT2D eigenvalue weighted by Gasteiger charge is 2.08. The molecule has 0 unspecified atom stereocenters. The first-order valence-corrected chi connectivity index (χ1v) is 5.01. The van der Waals surface area contributed by atoms with Crippen LogP contribution in [0.15, 0.2) is 12.1 Å². The maximum atomic E-state index is 10.7. The van der Waals surface area contributed by atoms with E-state index in [0.717, 1.165) is 23.2 Å². The summed E-state index contributed by atoms with van der Waals surface area (Å²) in [7, 11) is 0. The third-order valence-electron chi connectivity index (χ3n) is 2.21. The van der Waals surface area contributed by atoms with Gasteiger partial charge in [-0.2, -0.15) is 0 Å². The van der Waals surface area contributed by atoms with Crippen LogP contribution in [0.3, 0.4) is 0 Å². The Bertz CT molecular complexity index is 303. The van der Waals surface area contributed by atoms with E-state index in [4.69, 9.17) is 0 Å². The smallest absolute Gasteiger partial charge is 0.150 e. The summed E-state index contributed by atoms with van der Waals surface area (Å²) in [6, 6.07) is 3.73. The zero-order chi connectivity index (χ0) is 10.7. The lowest BCUT2D eigenvalue weighted by Crippen LogP contribution is -2.01. The maximum Gasteiger partial charge on any atom is 0.150 e. The number of aldehydes is 1. The van der Waals surface area contributed by atoms with E-state index >= 15 is 0 Å². The second kappa shape index (κ2) is 4.36. The Labute approximate surface area is 85.4 Å². The van der Waals surface area contributed by atoms with Gasteiger partial charge in [-0.15, -0.1) is 0 Å². The third-order valence-corrected chi connectivity index (χ3v) is 2.21. The first-order chi connectivity index (χ1) is 6.54. The standard InChI is InChI=1S/C12H17NO/c1-8(2)11-5-10(7-14)6-12(13-11)9(3)4/h5-9H,1-4H3. The number of pyridine rings is 1. The van der Waals surface area contributed by atoms with Crippen LogP contribution in [0.2, 0.25) is 0 Å². The molecule has 2 nitrogen and oxygen atoms in total. The Kier molecular flexibility index (Phi) is 3.39. The van der Waals surface area contributed by atoms with Gasteiger partial charge in [0.2, 0.25) is 0 Å². The molecule has 2 heteroatoms. The van der Waals surface area contributed by atoms with Crippen LogP contribution < -0.4 is 0 Å². The number of nitrogens with zero attached hydrogens (tertiary/aromatic N) is 1. The van der Waals surface area contributed by atoms with Gasteiger partial charge >= 0.3 is 0 Å². The summed E-state index contributed by atoms with van der Waals surface area (Å²) < 4.78 is 0. The van der Waals surface area contributed by atoms with Crippen LogP contribution in [-0.2, 0) is 0 Å². The van der Waals surface area contributed by atoms with E-state index in [1.807, 2.05) is 12.1 Å². The van der Waals surface area contributed by atoms with Crippen LogP contribution in [-0.4, -0.2) is 11.3 Å². The van der Waals surface area contributed by atoms with E-state index in [1.165, 1.54) is 0 Å². The number of rotatable bonds is 3. The molecular formula is C12H17NO. The molecule has 76 valence electrons. The molecule has 1 heterocycles. The Hall–Kier alpha value is -1.18. The second-order valence-electron chi connectivity index (χ2n) is 4.18. The predicted octanol–water partition coefficient (Wildman–Crippen LogP) is 3.14. The first-order valence-electron chi connectivity index (χ1n) is 5.01. The van der Waals surface area contributed by atoms with Crippen LogP contribution in [0.5, 0.6) is 0 Å². The van der Waals surface area contributed by atoms with E-state index in [-0.39, 0.29) is 0 Å². The molecule has 0 aliphatic carbocycles. The summed E-state index contributed by atoms with van der Waals surface area (Å²) in [5.74, 6) is 0.736. The van der Waals surface area contributed by atoms with Crippen molar-refractivity contribution in [3.63, 3.8) is 0 Å². The fourth-order valence-electron chi connectivity index (χ4n) is 1.26. The van der Waals surface area contributed by atoms with Crippen molar-refractivity contribution >= 4 is 6.29 Å². The summed E-state index contributed by atoms with van der Waals surface area (Å²) >= 11 is 0. The molecule has 14 heavy (non-hydrogen) atoms. The summed E-state index contributed by atoms with van der Waals surface area (Å²) in [4.78, 5) is 15.2. The van der Waals surface area contributed by atoms with Gasteiger partial charge in [0.1, 0.15) is 6.29 Å². The summed E-state index contributed by atoms with van der Waals surface area (Å²) in [6.45, 7) is 8.34. The van der Waals surface area contributed by atoms with Crippen molar-refractivity contribution in [1.29, 1.82) is 0 Å². The average molecular weight is 191 g/mol. The van der Waals surface area contributed by atoms with Crippen molar-refractivity contribution in [2.75, 3.05) is 0 Å². The topological polar surface area (TPSA) is 30.0 Å². The highest BCUT2D eigenvalue weighted by molar-refractivity contribution is 5.75. The molecule has 0 bridgehead atoms. The average Bonchev–Trinajstić information content (AvgIpc) is 2.16. The molecule has 0 saturated carbocycles. The van der Waals surface area contributed by atoms with Crippen LogP contribution in [0, 0.1) is 0 Å². The first kappa shape index (κ1) is 10.9. The minimum Gasteiger partial charge on any atom is -0.298 e. The molecule has 0 N–H and O–H groups in total. The van der Waals surface area contributed by atoms with Gasteiger partial charge in [0.15, 0.2) is 0 Å². The third kappa shape index (κ3) is 2.41. The van der Waals surface area contributed by atoms with E-state index in [1.54, 1.807) is 0 Å². The molecule has 0 aromatic carbocycles. The number of carbonyl (C=O) groups excluding carboxylic acids is 1. The summed E-state index contributed by atoms with van der Waals surface area (Å²) in [5.41, 5.74) is 2.73. The van der Waals surface area contributed by atoms with Gasteiger partial charge in [0.25, 0.3) is 0 Å². The highest BCUT2D eigenvalue weighted by atomic mass is 16.1. The minimum absolute atomic E-state index is 0.368. The van der Waals surface area contributed by atoms with Gasteiger partial charge in [-0.25, -0.2) is 0 Å². The van der Waals surface area contributed by atoms with Gasteiger partial charge < -0.3 is 0 Å². The van der Waals surface area contributed by atoms with Crippen molar-refractivity contribution in [3.8, 4) is 0 Å². The zero-order valence-corrected chi connectivity index (χ0v) is 9.24.